The molecule has 2 fully saturated rings. The lowest BCUT2D eigenvalue weighted by Gasteiger charge is -2.21. The second kappa shape index (κ2) is 7.45. The lowest BCUT2D eigenvalue weighted by atomic mass is 9.95. The van der Waals surface area contributed by atoms with Crippen molar-refractivity contribution < 1.29 is 4.42 Å². The number of hydrogen-bond donors (Lipinski definition) is 0. The summed E-state index contributed by atoms with van der Waals surface area (Å²) >= 11 is 7.81. The number of benzene rings is 1. The number of thioether (sulfide) groups is 1. The van der Waals surface area contributed by atoms with Crippen molar-refractivity contribution in [2.75, 3.05) is 25.4 Å². The molecule has 2 aromatic heterocycles. The predicted molar refractivity (Wildman–Crippen MR) is 114 cm³/mol. The van der Waals surface area contributed by atoms with Crippen LogP contribution < -0.4 is 0 Å². The first kappa shape index (κ1) is 19.2. The zero-order chi connectivity index (χ0) is 20.0. The van der Waals surface area contributed by atoms with Crippen LogP contribution in [-0.2, 0) is 12.5 Å². The smallest absolute Gasteiger partial charge is 0.202 e. The van der Waals surface area contributed by atoms with Crippen molar-refractivity contribution in [2.24, 2.45) is 13.0 Å². The molecule has 3 aromatic rings. The molecule has 0 N–H and O–H groups in total. The van der Waals surface area contributed by atoms with Crippen LogP contribution in [0, 0.1) is 12.8 Å². The highest BCUT2D eigenvalue weighted by molar-refractivity contribution is 7.99. The molecular weight excluding hydrogens is 406 g/mol. The second-order valence-electron chi connectivity index (χ2n) is 8.13. The Morgan fingerprint density at radius 2 is 2.10 bits per heavy atom. The van der Waals surface area contributed by atoms with E-state index >= 15 is 0 Å². The van der Waals surface area contributed by atoms with Gasteiger partial charge in [-0.1, -0.05) is 35.5 Å². The third-order valence-electron chi connectivity index (χ3n) is 6.27. The van der Waals surface area contributed by atoms with E-state index in [9.17, 15) is 0 Å². The summed E-state index contributed by atoms with van der Waals surface area (Å²) in [5.74, 6) is 3.25. The van der Waals surface area contributed by atoms with Crippen molar-refractivity contribution in [2.45, 2.75) is 30.3 Å². The summed E-state index contributed by atoms with van der Waals surface area (Å²) in [4.78, 5) is 6.75. The first-order valence-corrected chi connectivity index (χ1v) is 11.3. The lowest BCUT2D eigenvalue weighted by Crippen LogP contribution is -2.27. The Morgan fingerprint density at radius 3 is 2.86 bits per heavy atom. The van der Waals surface area contributed by atoms with Crippen LogP contribution in [0.3, 0.4) is 0 Å². The summed E-state index contributed by atoms with van der Waals surface area (Å²) in [7, 11) is 1.98. The molecule has 152 valence electrons. The van der Waals surface area contributed by atoms with Gasteiger partial charge in [-0.2, -0.15) is 0 Å². The average Bonchev–Trinajstić information content (AvgIpc) is 3.02. The summed E-state index contributed by atoms with van der Waals surface area (Å²) in [6.07, 6.45) is 3.91. The third-order valence-corrected chi connectivity index (χ3v) is 7.63. The lowest BCUT2D eigenvalue weighted by molar-refractivity contribution is 0.299. The minimum absolute atomic E-state index is 0.380. The summed E-state index contributed by atoms with van der Waals surface area (Å²) < 4.78 is 7.43. The molecule has 1 aliphatic heterocycles. The highest BCUT2D eigenvalue weighted by atomic mass is 35.5. The van der Waals surface area contributed by atoms with E-state index in [4.69, 9.17) is 16.0 Å². The van der Waals surface area contributed by atoms with E-state index in [2.05, 4.69) is 32.2 Å². The van der Waals surface area contributed by atoms with E-state index in [1.807, 2.05) is 30.7 Å². The third kappa shape index (κ3) is 3.49. The number of fused-ring (bicyclic) bond motifs is 1. The molecule has 1 aromatic carbocycles. The number of oxazole rings is 1. The minimum Gasteiger partial charge on any atom is -0.440 e. The van der Waals surface area contributed by atoms with Gasteiger partial charge in [0.15, 0.2) is 17.3 Å². The van der Waals surface area contributed by atoms with Crippen LogP contribution in [0.1, 0.15) is 24.1 Å². The number of aromatic nitrogens is 4. The van der Waals surface area contributed by atoms with Crippen molar-refractivity contribution in [3.05, 3.63) is 46.9 Å². The Labute approximate surface area is 179 Å². The Balaban J connectivity index is 1.13. The number of halogens is 1. The van der Waals surface area contributed by atoms with Crippen molar-refractivity contribution >= 4 is 23.4 Å². The van der Waals surface area contributed by atoms with Crippen molar-refractivity contribution in [3.8, 4) is 11.6 Å². The van der Waals surface area contributed by atoms with Gasteiger partial charge in [0.25, 0.3) is 0 Å². The van der Waals surface area contributed by atoms with Crippen LogP contribution in [0.4, 0.5) is 0 Å². The number of aryl methyl sites for hydroxylation is 1. The monoisotopic (exact) mass is 429 g/mol. The summed E-state index contributed by atoms with van der Waals surface area (Å²) in [5, 5.41) is 10.3. The quantitative estimate of drug-likeness (QED) is 0.414. The zero-order valence-corrected chi connectivity index (χ0v) is 18.2. The van der Waals surface area contributed by atoms with Crippen LogP contribution in [0.25, 0.3) is 11.6 Å². The summed E-state index contributed by atoms with van der Waals surface area (Å²) in [6.45, 7) is 5.43. The molecule has 1 aliphatic carbocycles. The highest BCUT2D eigenvalue weighted by Crippen LogP contribution is 2.59. The van der Waals surface area contributed by atoms with Crippen molar-refractivity contribution in [3.63, 3.8) is 0 Å². The maximum Gasteiger partial charge on any atom is 0.202 e. The number of hydrogen-bond acceptors (Lipinski definition) is 6. The molecule has 0 bridgehead atoms. The van der Waals surface area contributed by atoms with Crippen LogP contribution in [0.5, 0.6) is 0 Å². The van der Waals surface area contributed by atoms with Gasteiger partial charge in [0.05, 0.1) is 5.69 Å². The molecule has 2 aliphatic rings. The van der Waals surface area contributed by atoms with Crippen molar-refractivity contribution in [1.29, 1.82) is 0 Å². The molecule has 1 saturated carbocycles. The van der Waals surface area contributed by atoms with Crippen molar-refractivity contribution in [1.82, 2.24) is 24.6 Å². The van der Waals surface area contributed by atoms with E-state index in [1.165, 1.54) is 31.5 Å². The van der Waals surface area contributed by atoms with E-state index in [0.717, 1.165) is 46.3 Å². The van der Waals surface area contributed by atoms with Gasteiger partial charge in [-0.3, -0.25) is 0 Å². The van der Waals surface area contributed by atoms with Gasteiger partial charge >= 0.3 is 0 Å². The van der Waals surface area contributed by atoms with Crippen LogP contribution in [0.15, 0.2) is 40.2 Å². The van der Waals surface area contributed by atoms with Gasteiger partial charge < -0.3 is 13.9 Å². The normalized spacial score (nSPS) is 23.5. The Bertz CT molecular complexity index is 1020. The summed E-state index contributed by atoms with van der Waals surface area (Å²) in [5.41, 5.74) is 2.67. The maximum atomic E-state index is 6.06. The van der Waals surface area contributed by atoms with Crippen LogP contribution in [0.2, 0.25) is 5.02 Å². The largest absolute Gasteiger partial charge is 0.440 e. The molecule has 1 saturated heterocycles. The molecule has 6 nitrogen and oxygen atoms in total. The second-order valence-corrected chi connectivity index (χ2v) is 9.63. The van der Waals surface area contributed by atoms with Gasteiger partial charge in [0.1, 0.15) is 0 Å². The van der Waals surface area contributed by atoms with Gasteiger partial charge in [-0.15, -0.1) is 10.2 Å². The topological polar surface area (TPSA) is 60.0 Å². The molecular formula is C21H24ClN5OS. The summed E-state index contributed by atoms with van der Waals surface area (Å²) in [6, 6.07) is 8.47. The van der Waals surface area contributed by atoms with Gasteiger partial charge in [0.2, 0.25) is 5.82 Å². The van der Waals surface area contributed by atoms with E-state index in [-0.39, 0.29) is 0 Å². The molecule has 0 spiro atoms. The predicted octanol–water partition coefficient (Wildman–Crippen LogP) is 4.19. The fourth-order valence-electron chi connectivity index (χ4n) is 4.59. The number of piperidine rings is 1. The molecule has 0 amide bonds. The first-order valence-electron chi connectivity index (χ1n) is 9.98. The van der Waals surface area contributed by atoms with E-state index < -0.39 is 0 Å². The zero-order valence-electron chi connectivity index (χ0n) is 16.6. The van der Waals surface area contributed by atoms with Gasteiger partial charge in [0, 0.05) is 36.3 Å². The maximum absolute atomic E-state index is 6.06. The molecule has 1 unspecified atom stereocenters. The average molecular weight is 430 g/mol. The minimum atomic E-state index is 0.380. The fourth-order valence-corrected chi connectivity index (χ4v) is 5.55. The number of likely N-dealkylation sites (tertiary alicyclic amines) is 1. The Kier molecular flexibility index (Phi) is 4.92. The van der Waals surface area contributed by atoms with E-state index in [1.54, 1.807) is 11.8 Å². The molecule has 8 heteroatoms. The molecule has 3 heterocycles. The Hall–Kier alpha value is -1.83. The highest BCUT2D eigenvalue weighted by Gasteiger charge is 2.60. The molecule has 0 radical (unpaired) electrons. The number of nitrogens with zero attached hydrogens (tertiary/aromatic N) is 5. The molecule has 29 heavy (non-hydrogen) atoms. The Morgan fingerprint density at radius 1 is 1.28 bits per heavy atom. The van der Waals surface area contributed by atoms with Crippen LogP contribution >= 0.6 is 23.4 Å². The molecule has 5 rings (SSSR count). The van der Waals surface area contributed by atoms with E-state index in [0.29, 0.717) is 11.2 Å². The SMILES string of the molecule is Cc1ncoc1-c1nnc(SCCCN2C[C@H]3CC3(c3ccc(Cl)cc3)C2)n1C. The number of rotatable bonds is 7. The van der Waals surface area contributed by atoms with Gasteiger partial charge in [-0.05, 0) is 49.9 Å². The standard InChI is InChI=1S/C21H24ClN5OS/c1-14-18(28-13-23-14)19-24-25-20(26(19)2)29-9-3-8-27-11-16-10-21(16,12-27)15-4-6-17(22)7-5-15/h4-7,13,16H,3,8-12H2,1-2H3/t16-,21?/m1/s1. The fraction of sp³-hybridized carbons (Fsp3) is 0.476. The van der Waals surface area contributed by atoms with Gasteiger partial charge in [-0.25, -0.2) is 4.98 Å². The molecule has 2 atom stereocenters. The van der Waals surface area contributed by atoms with Crippen LogP contribution in [-0.4, -0.2) is 50.0 Å². The first-order chi connectivity index (χ1) is 14.1.